The summed E-state index contributed by atoms with van der Waals surface area (Å²) in [7, 11) is 0. The number of aldehydes is 1. The number of aromatic nitrogens is 2. The van der Waals surface area contributed by atoms with Crippen molar-refractivity contribution in [1.82, 2.24) is 9.38 Å². The Balaban J connectivity index is 2.31. The average molecular weight is 262 g/mol. The predicted molar refractivity (Wildman–Crippen MR) is 73.8 cm³/mol. The summed E-state index contributed by atoms with van der Waals surface area (Å²) in [6, 6.07) is 0. The molecule has 0 aromatic carbocycles. The van der Waals surface area contributed by atoms with E-state index < -0.39 is 0 Å². The van der Waals surface area contributed by atoms with Gasteiger partial charge in [0.1, 0.15) is 5.69 Å². The van der Waals surface area contributed by atoms with E-state index in [1.54, 1.807) is 11.3 Å². The molecule has 3 rings (SSSR count). The van der Waals surface area contributed by atoms with Crippen molar-refractivity contribution < 1.29 is 4.79 Å². The van der Waals surface area contributed by atoms with Gasteiger partial charge in [-0.3, -0.25) is 9.20 Å². The van der Waals surface area contributed by atoms with Gasteiger partial charge in [0, 0.05) is 16.0 Å². The molecule has 2 aromatic rings. The number of aryl methyl sites for hydroxylation is 2. The van der Waals surface area contributed by atoms with Crippen LogP contribution in [0.15, 0.2) is 0 Å². The molecular weight excluding hydrogens is 244 g/mol. The summed E-state index contributed by atoms with van der Waals surface area (Å²) >= 11 is 1.76. The van der Waals surface area contributed by atoms with Gasteiger partial charge >= 0.3 is 0 Å². The van der Waals surface area contributed by atoms with Crippen molar-refractivity contribution in [2.45, 2.75) is 51.9 Å². The number of fused-ring (bicyclic) bond motifs is 3. The van der Waals surface area contributed by atoms with Crippen LogP contribution < -0.4 is 0 Å². The molecule has 96 valence electrons. The molecule has 0 saturated heterocycles. The van der Waals surface area contributed by atoms with E-state index in [1.165, 1.54) is 23.4 Å². The topological polar surface area (TPSA) is 34.4 Å². The van der Waals surface area contributed by atoms with Crippen LogP contribution in [0.2, 0.25) is 0 Å². The molecule has 0 aliphatic heterocycles. The fourth-order valence-corrected chi connectivity index (χ4v) is 3.93. The minimum atomic E-state index is -0.0798. The molecule has 0 unspecified atom stereocenters. The van der Waals surface area contributed by atoms with E-state index >= 15 is 0 Å². The first kappa shape index (κ1) is 11.9. The van der Waals surface area contributed by atoms with E-state index in [-0.39, 0.29) is 5.41 Å². The highest BCUT2D eigenvalue weighted by Crippen LogP contribution is 2.34. The molecule has 1 aliphatic carbocycles. The largest absolute Gasteiger partial charge is 0.296 e. The second kappa shape index (κ2) is 3.92. The minimum absolute atomic E-state index is 0.0798. The monoisotopic (exact) mass is 262 g/mol. The van der Waals surface area contributed by atoms with Crippen LogP contribution in [0.1, 0.15) is 60.4 Å². The molecule has 0 fully saturated rings. The Bertz CT molecular complexity index is 616. The molecular formula is C14H18N2OS. The maximum Gasteiger partial charge on any atom is 0.194 e. The summed E-state index contributed by atoms with van der Waals surface area (Å²) in [4.78, 5) is 18.6. The molecule has 2 aromatic heterocycles. The summed E-state index contributed by atoms with van der Waals surface area (Å²) in [5, 5.41) is 0. The van der Waals surface area contributed by atoms with Crippen LogP contribution in [0, 0.1) is 0 Å². The fourth-order valence-electron chi connectivity index (χ4n) is 2.72. The summed E-state index contributed by atoms with van der Waals surface area (Å²) in [6.45, 7) is 6.33. The third kappa shape index (κ3) is 1.62. The zero-order chi connectivity index (χ0) is 12.9. The molecule has 0 N–H and O–H groups in total. The van der Waals surface area contributed by atoms with Gasteiger partial charge in [-0.15, -0.1) is 11.3 Å². The Morgan fingerprint density at radius 2 is 2.00 bits per heavy atom. The van der Waals surface area contributed by atoms with E-state index in [4.69, 9.17) is 4.98 Å². The Labute approximate surface area is 111 Å². The first-order valence-electron chi connectivity index (χ1n) is 6.51. The summed E-state index contributed by atoms with van der Waals surface area (Å²) in [6.07, 6.45) is 5.68. The lowest BCUT2D eigenvalue weighted by molar-refractivity contribution is 0.111. The lowest BCUT2D eigenvalue weighted by atomic mass is 9.91. The smallest absolute Gasteiger partial charge is 0.194 e. The van der Waals surface area contributed by atoms with Crippen LogP contribution in [0.25, 0.3) is 4.96 Å². The first-order chi connectivity index (χ1) is 8.52. The molecule has 0 spiro atoms. The van der Waals surface area contributed by atoms with Gasteiger partial charge in [0.15, 0.2) is 11.2 Å². The third-order valence-electron chi connectivity index (χ3n) is 3.58. The third-order valence-corrected chi connectivity index (χ3v) is 4.72. The predicted octanol–water partition coefficient (Wildman–Crippen LogP) is 3.38. The molecule has 2 heterocycles. The molecule has 18 heavy (non-hydrogen) atoms. The standard InChI is InChI=1S/C14H18N2OS/c1-14(2,3)12-10(8-17)16-9-6-4-5-7-11(9)18-13(16)15-12/h8H,4-7H2,1-3H3. The van der Waals surface area contributed by atoms with Crippen LogP contribution in [0.5, 0.6) is 0 Å². The van der Waals surface area contributed by atoms with Crippen LogP contribution in [0.4, 0.5) is 0 Å². The van der Waals surface area contributed by atoms with Crippen molar-refractivity contribution >= 4 is 22.6 Å². The minimum Gasteiger partial charge on any atom is -0.296 e. The van der Waals surface area contributed by atoms with Gasteiger partial charge < -0.3 is 0 Å². The van der Waals surface area contributed by atoms with Crippen LogP contribution >= 0.6 is 11.3 Å². The van der Waals surface area contributed by atoms with Crippen molar-refractivity contribution in [3.05, 3.63) is 22.0 Å². The van der Waals surface area contributed by atoms with Crippen molar-refractivity contribution in [3.8, 4) is 0 Å². The van der Waals surface area contributed by atoms with E-state index in [0.717, 1.165) is 35.5 Å². The quantitative estimate of drug-likeness (QED) is 0.738. The Kier molecular flexibility index (Phi) is 2.59. The average Bonchev–Trinajstić information content (AvgIpc) is 2.82. The number of imidazole rings is 1. The summed E-state index contributed by atoms with van der Waals surface area (Å²) in [5.74, 6) is 0. The molecule has 4 heteroatoms. The first-order valence-corrected chi connectivity index (χ1v) is 7.32. The number of nitrogens with zero attached hydrogens (tertiary/aromatic N) is 2. The van der Waals surface area contributed by atoms with E-state index in [2.05, 4.69) is 25.2 Å². The molecule has 0 amide bonds. The SMILES string of the molecule is CC(C)(C)c1nc2sc3c(n2c1C=O)CCCC3. The van der Waals surface area contributed by atoms with Gasteiger partial charge in [-0.25, -0.2) is 4.98 Å². The lowest BCUT2D eigenvalue weighted by Crippen LogP contribution is -2.15. The highest BCUT2D eigenvalue weighted by atomic mass is 32.1. The van der Waals surface area contributed by atoms with Crippen molar-refractivity contribution in [2.24, 2.45) is 0 Å². The maximum absolute atomic E-state index is 11.5. The molecule has 1 aliphatic rings. The Morgan fingerprint density at radius 3 is 2.67 bits per heavy atom. The second-order valence-corrected chi connectivity index (χ2v) is 7.07. The van der Waals surface area contributed by atoms with Crippen LogP contribution in [-0.2, 0) is 18.3 Å². The number of hydrogen-bond donors (Lipinski definition) is 0. The van der Waals surface area contributed by atoms with E-state index in [1.807, 2.05) is 0 Å². The van der Waals surface area contributed by atoms with Gasteiger partial charge in [0.2, 0.25) is 0 Å². The van der Waals surface area contributed by atoms with E-state index in [0.29, 0.717) is 0 Å². The highest BCUT2D eigenvalue weighted by molar-refractivity contribution is 7.17. The molecule has 3 nitrogen and oxygen atoms in total. The molecule has 0 bridgehead atoms. The van der Waals surface area contributed by atoms with Crippen molar-refractivity contribution in [1.29, 1.82) is 0 Å². The fraction of sp³-hybridized carbons (Fsp3) is 0.571. The number of carbonyl (C=O) groups excluding carboxylic acids is 1. The van der Waals surface area contributed by atoms with Crippen molar-refractivity contribution in [3.63, 3.8) is 0 Å². The zero-order valence-electron chi connectivity index (χ0n) is 11.1. The van der Waals surface area contributed by atoms with Gasteiger partial charge in [0.05, 0.1) is 5.69 Å². The van der Waals surface area contributed by atoms with Gasteiger partial charge in [-0.1, -0.05) is 20.8 Å². The molecule has 0 saturated carbocycles. The molecule has 0 radical (unpaired) electrons. The lowest BCUT2D eigenvalue weighted by Gasteiger charge is -2.17. The van der Waals surface area contributed by atoms with Gasteiger partial charge in [-0.2, -0.15) is 0 Å². The molecule has 0 atom stereocenters. The highest BCUT2D eigenvalue weighted by Gasteiger charge is 2.27. The second-order valence-electron chi connectivity index (χ2n) is 6.01. The van der Waals surface area contributed by atoms with E-state index in [9.17, 15) is 4.79 Å². The summed E-state index contributed by atoms with van der Waals surface area (Å²) in [5.41, 5.74) is 2.93. The number of thiazole rings is 1. The van der Waals surface area contributed by atoms with Crippen molar-refractivity contribution in [2.75, 3.05) is 0 Å². The number of rotatable bonds is 1. The number of carbonyl (C=O) groups is 1. The normalized spacial score (nSPS) is 15.9. The maximum atomic E-state index is 11.5. The van der Waals surface area contributed by atoms with Crippen LogP contribution in [-0.4, -0.2) is 15.7 Å². The Morgan fingerprint density at radius 1 is 1.28 bits per heavy atom. The Hall–Kier alpha value is -1.16. The van der Waals surface area contributed by atoms with Gasteiger partial charge in [-0.05, 0) is 25.7 Å². The zero-order valence-corrected chi connectivity index (χ0v) is 11.9. The van der Waals surface area contributed by atoms with Gasteiger partial charge in [0.25, 0.3) is 0 Å². The van der Waals surface area contributed by atoms with Crippen LogP contribution in [0.3, 0.4) is 0 Å². The number of hydrogen-bond acceptors (Lipinski definition) is 3. The summed E-state index contributed by atoms with van der Waals surface area (Å²) < 4.78 is 2.10.